The van der Waals surface area contributed by atoms with E-state index >= 15 is 0 Å². The normalized spacial score (nSPS) is 20.2. The fourth-order valence-corrected chi connectivity index (χ4v) is 2.23. The van der Waals surface area contributed by atoms with E-state index in [1.54, 1.807) is 5.01 Å². The van der Waals surface area contributed by atoms with Gasteiger partial charge in [-0.1, -0.05) is 18.2 Å². The van der Waals surface area contributed by atoms with Gasteiger partial charge in [-0.3, -0.25) is 0 Å². The molecule has 0 radical (unpaired) electrons. The van der Waals surface area contributed by atoms with Crippen molar-refractivity contribution in [1.82, 2.24) is 5.01 Å². The maximum absolute atomic E-state index is 6.16. The first-order valence-corrected chi connectivity index (χ1v) is 7.30. The molecule has 1 aliphatic rings. The Labute approximate surface area is 128 Å². The molecule has 0 aromatic heterocycles. The number of aryl methyl sites for hydroxylation is 1. The van der Waals surface area contributed by atoms with Gasteiger partial charge in [-0.2, -0.15) is 5.10 Å². The lowest BCUT2D eigenvalue weighted by Gasteiger charge is -2.32. The standard InChI is InChI=1S/C16H25BN2O2/c1-12-9-8-10-14(13(12)11-18-19(6)7)17-20-15(2,3)16(4,5)21-17/h8-11H,1-7H3/b18-11+. The number of hydrogen-bond donors (Lipinski definition) is 0. The van der Waals surface area contributed by atoms with E-state index in [0.29, 0.717) is 0 Å². The SMILES string of the molecule is Cc1cccc(B2OC(C)(C)C(C)(C)O2)c1/C=N/N(C)C. The first-order chi connectivity index (χ1) is 9.64. The number of rotatable bonds is 3. The van der Waals surface area contributed by atoms with Crippen molar-refractivity contribution in [2.24, 2.45) is 5.10 Å². The molecule has 114 valence electrons. The van der Waals surface area contributed by atoms with Crippen molar-refractivity contribution in [3.8, 4) is 0 Å². The Morgan fingerprint density at radius 2 is 1.67 bits per heavy atom. The lowest BCUT2D eigenvalue weighted by Crippen LogP contribution is -2.41. The highest BCUT2D eigenvalue weighted by molar-refractivity contribution is 6.63. The molecule has 21 heavy (non-hydrogen) atoms. The van der Waals surface area contributed by atoms with Crippen LogP contribution in [0.15, 0.2) is 23.3 Å². The van der Waals surface area contributed by atoms with Crippen LogP contribution in [0, 0.1) is 6.92 Å². The minimum Gasteiger partial charge on any atom is -0.399 e. The van der Waals surface area contributed by atoms with Gasteiger partial charge < -0.3 is 14.3 Å². The summed E-state index contributed by atoms with van der Waals surface area (Å²) < 4.78 is 12.3. The van der Waals surface area contributed by atoms with Gasteiger partial charge in [0.15, 0.2) is 0 Å². The van der Waals surface area contributed by atoms with Gasteiger partial charge in [0, 0.05) is 14.1 Å². The Morgan fingerprint density at radius 1 is 1.10 bits per heavy atom. The lowest BCUT2D eigenvalue weighted by atomic mass is 9.75. The van der Waals surface area contributed by atoms with Crippen LogP contribution in [0.2, 0.25) is 0 Å². The molecule has 0 bridgehead atoms. The zero-order valence-electron chi connectivity index (χ0n) is 14.1. The zero-order valence-corrected chi connectivity index (χ0v) is 14.1. The Balaban J connectivity index is 2.40. The molecule has 1 aromatic carbocycles. The van der Waals surface area contributed by atoms with Crippen molar-refractivity contribution in [2.75, 3.05) is 14.1 Å². The summed E-state index contributed by atoms with van der Waals surface area (Å²) in [6, 6.07) is 6.15. The molecule has 0 saturated carbocycles. The van der Waals surface area contributed by atoms with Crippen molar-refractivity contribution in [2.45, 2.75) is 45.8 Å². The van der Waals surface area contributed by atoms with E-state index in [9.17, 15) is 0 Å². The first-order valence-electron chi connectivity index (χ1n) is 7.30. The monoisotopic (exact) mass is 288 g/mol. The van der Waals surface area contributed by atoms with Crippen LogP contribution in [0.1, 0.15) is 38.8 Å². The largest absolute Gasteiger partial charge is 0.495 e. The molecule has 0 aliphatic carbocycles. The van der Waals surface area contributed by atoms with Gasteiger partial charge in [-0.05, 0) is 51.2 Å². The van der Waals surface area contributed by atoms with Crippen molar-refractivity contribution in [3.63, 3.8) is 0 Å². The predicted molar refractivity (Wildman–Crippen MR) is 88.2 cm³/mol. The van der Waals surface area contributed by atoms with Gasteiger partial charge in [-0.25, -0.2) is 0 Å². The van der Waals surface area contributed by atoms with Gasteiger partial charge in [0.25, 0.3) is 0 Å². The summed E-state index contributed by atoms with van der Waals surface area (Å²) in [7, 11) is 3.45. The molecule has 4 nitrogen and oxygen atoms in total. The van der Waals surface area contributed by atoms with Crippen molar-refractivity contribution in [3.05, 3.63) is 29.3 Å². The molecule has 1 aromatic rings. The van der Waals surface area contributed by atoms with E-state index in [4.69, 9.17) is 9.31 Å². The number of hydrogen-bond acceptors (Lipinski definition) is 4. The maximum atomic E-state index is 6.16. The number of benzene rings is 1. The van der Waals surface area contributed by atoms with Crippen LogP contribution in [-0.2, 0) is 9.31 Å². The van der Waals surface area contributed by atoms with Crippen molar-refractivity contribution in [1.29, 1.82) is 0 Å². The van der Waals surface area contributed by atoms with Gasteiger partial charge in [0.1, 0.15) is 0 Å². The molecule has 5 heteroatoms. The molecule has 0 unspecified atom stereocenters. The molecule has 0 N–H and O–H groups in total. The predicted octanol–water partition coefficient (Wildman–Crippen LogP) is 2.19. The van der Waals surface area contributed by atoms with Crippen LogP contribution in [-0.4, -0.2) is 43.6 Å². The molecule has 1 fully saturated rings. The summed E-state index contributed by atoms with van der Waals surface area (Å²) in [5.41, 5.74) is 2.58. The van der Waals surface area contributed by atoms with Crippen LogP contribution >= 0.6 is 0 Å². The minimum atomic E-state index is -0.362. The summed E-state index contributed by atoms with van der Waals surface area (Å²) in [6.45, 7) is 10.3. The first kappa shape index (κ1) is 16.1. The highest BCUT2D eigenvalue weighted by atomic mass is 16.7. The average molecular weight is 288 g/mol. The van der Waals surface area contributed by atoms with E-state index in [1.807, 2.05) is 32.4 Å². The molecule has 0 atom stereocenters. The van der Waals surface area contributed by atoms with Crippen LogP contribution < -0.4 is 5.46 Å². The van der Waals surface area contributed by atoms with Crippen molar-refractivity contribution >= 4 is 18.8 Å². The molecule has 2 rings (SSSR count). The Hall–Kier alpha value is -1.33. The second-order valence-electron chi connectivity index (χ2n) is 6.76. The minimum absolute atomic E-state index is 0.336. The van der Waals surface area contributed by atoms with Crippen LogP contribution in [0.25, 0.3) is 0 Å². The molecule has 1 saturated heterocycles. The third kappa shape index (κ3) is 3.14. The van der Waals surface area contributed by atoms with E-state index in [2.05, 4.69) is 45.8 Å². The second-order valence-corrected chi connectivity index (χ2v) is 6.76. The van der Waals surface area contributed by atoms with Gasteiger partial charge in [-0.15, -0.1) is 0 Å². The quantitative estimate of drug-likeness (QED) is 0.486. The molecule has 1 aliphatic heterocycles. The topological polar surface area (TPSA) is 34.1 Å². The van der Waals surface area contributed by atoms with E-state index in [0.717, 1.165) is 16.6 Å². The number of hydrazone groups is 1. The highest BCUT2D eigenvalue weighted by Gasteiger charge is 2.52. The molecule has 0 amide bonds. The van der Waals surface area contributed by atoms with E-state index in [1.165, 1.54) is 0 Å². The third-order valence-corrected chi connectivity index (χ3v) is 4.28. The summed E-state index contributed by atoms with van der Waals surface area (Å²) in [4.78, 5) is 0. The van der Waals surface area contributed by atoms with E-state index < -0.39 is 0 Å². The third-order valence-electron chi connectivity index (χ3n) is 4.28. The average Bonchev–Trinajstić information content (AvgIpc) is 2.56. The van der Waals surface area contributed by atoms with E-state index in [-0.39, 0.29) is 18.3 Å². The maximum Gasteiger partial charge on any atom is 0.495 e. The van der Waals surface area contributed by atoms with Crippen LogP contribution in [0.4, 0.5) is 0 Å². The Morgan fingerprint density at radius 3 is 2.19 bits per heavy atom. The Kier molecular flexibility index (Phi) is 4.18. The van der Waals surface area contributed by atoms with Crippen molar-refractivity contribution < 1.29 is 9.31 Å². The number of nitrogens with zero attached hydrogens (tertiary/aromatic N) is 2. The van der Waals surface area contributed by atoms with Crippen LogP contribution in [0.3, 0.4) is 0 Å². The van der Waals surface area contributed by atoms with Crippen LogP contribution in [0.5, 0.6) is 0 Å². The fraction of sp³-hybridized carbons (Fsp3) is 0.562. The second kappa shape index (κ2) is 5.46. The summed E-state index contributed by atoms with van der Waals surface area (Å²) in [5, 5.41) is 6.14. The Bertz CT molecular complexity index is 537. The highest BCUT2D eigenvalue weighted by Crippen LogP contribution is 2.36. The summed E-state index contributed by atoms with van der Waals surface area (Å²) in [5.74, 6) is 0. The zero-order chi connectivity index (χ0) is 15.8. The smallest absolute Gasteiger partial charge is 0.399 e. The molecular weight excluding hydrogens is 263 g/mol. The molecule has 0 spiro atoms. The molecule has 1 heterocycles. The fourth-order valence-electron chi connectivity index (χ4n) is 2.23. The summed E-state index contributed by atoms with van der Waals surface area (Å²) in [6.07, 6.45) is 1.87. The van der Waals surface area contributed by atoms with Gasteiger partial charge >= 0.3 is 7.12 Å². The lowest BCUT2D eigenvalue weighted by molar-refractivity contribution is 0.00578. The van der Waals surface area contributed by atoms with Gasteiger partial charge in [0.05, 0.1) is 17.4 Å². The molecular formula is C16H25BN2O2. The van der Waals surface area contributed by atoms with Gasteiger partial charge in [0.2, 0.25) is 0 Å². The summed E-state index contributed by atoms with van der Waals surface area (Å²) >= 11 is 0.